The molecular weight excluding hydrogens is 299 g/mol. The monoisotopic (exact) mass is 306 g/mol. The van der Waals surface area contributed by atoms with Gasteiger partial charge in [0.1, 0.15) is 17.4 Å². The Balaban J connectivity index is 2.18. The van der Waals surface area contributed by atoms with Gasteiger partial charge in [0, 0.05) is 11.8 Å². The van der Waals surface area contributed by atoms with Crippen molar-refractivity contribution in [1.82, 2.24) is 0 Å². The normalized spacial score (nSPS) is 10.9. The summed E-state index contributed by atoms with van der Waals surface area (Å²) < 4.78 is 5.05. The third kappa shape index (κ3) is 3.41. The Labute approximate surface area is 125 Å². The van der Waals surface area contributed by atoms with Crippen molar-refractivity contribution in [1.29, 1.82) is 5.26 Å². The van der Waals surface area contributed by atoms with Gasteiger partial charge in [-0.1, -0.05) is 23.2 Å². The summed E-state index contributed by atoms with van der Waals surface area (Å²) in [4.78, 5) is 11.9. The first-order chi connectivity index (χ1) is 9.60. The van der Waals surface area contributed by atoms with Crippen LogP contribution in [0.2, 0.25) is 10.0 Å². The number of nitrogens with zero attached hydrogens (tertiary/aromatic N) is 1. The Bertz CT molecular complexity index is 700. The lowest BCUT2D eigenvalue weighted by molar-refractivity contribution is -0.112. The maximum absolute atomic E-state index is 11.9. The maximum atomic E-state index is 11.9. The largest absolute Gasteiger partial charge is 0.465 e. The van der Waals surface area contributed by atoms with Gasteiger partial charge in [-0.15, -0.1) is 0 Å². The van der Waals surface area contributed by atoms with Crippen LogP contribution in [-0.2, 0) is 4.79 Å². The minimum atomic E-state index is -0.553. The standard InChI is InChI=1S/C14H8Cl2N2O2/c15-12-4-3-10(7-13(12)16)18-14(19)9(8-17)6-11-2-1-5-20-11/h1-7H,(H,18,19)/b9-6+. The van der Waals surface area contributed by atoms with Gasteiger partial charge in [0.05, 0.1) is 16.3 Å². The molecular formula is C14H8Cl2N2O2. The van der Waals surface area contributed by atoms with E-state index >= 15 is 0 Å². The predicted octanol–water partition coefficient (Wildman–Crippen LogP) is 4.13. The Hall–Kier alpha value is -2.22. The van der Waals surface area contributed by atoms with Crippen LogP contribution in [0.1, 0.15) is 5.76 Å². The molecule has 0 saturated heterocycles. The van der Waals surface area contributed by atoms with Crippen LogP contribution < -0.4 is 5.32 Å². The molecule has 100 valence electrons. The van der Waals surface area contributed by atoms with Crippen molar-refractivity contribution in [3.05, 3.63) is 58.0 Å². The summed E-state index contributed by atoms with van der Waals surface area (Å²) in [5.41, 5.74) is 0.371. The van der Waals surface area contributed by atoms with Crippen molar-refractivity contribution >= 4 is 40.9 Å². The molecule has 1 heterocycles. The lowest BCUT2D eigenvalue weighted by Gasteiger charge is -2.05. The molecule has 1 aromatic heterocycles. The van der Waals surface area contributed by atoms with E-state index in [1.54, 1.807) is 24.3 Å². The maximum Gasteiger partial charge on any atom is 0.266 e. The van der Waals surface area contributed by atoms with Crippen LogP contribution >= 0.6 is 23.2 Å². The Kier molecular flexibility index (Phi) is 4.46. The Morgan fingerprint density at radius 1 is 1.30 bits per heavy atom. The van der Waals surface area contributed by atoms with Crippen molar-refractivity contribution < 1.29 is 9.21 Å². The lowest BCUT2D eigenvalue weighted by Crippen LogP contribution is -2.13. The summed E-state index contributed by atoms with van der Waals surface area (Å²) in [5, 5.41) is 12.3. The molecule has 0 unspecified atom stereocenters. The SMILES string of the molecule is N#C/C(=C\c1ccco1)C(=O)Nc1ccc(Cl)c(Cl)c1. The second-order valence-electron chi connectivity index (χ2n) is 3.77. The van der Waals surface area contributed by atoms with Crippen LogP contribution in [0, 0.1) is 11.3 Å². The minimum Gasteiger partial charge on any atom is -0.465 e. The van der Waals surface area contributed by atoms with Crippen molar-refractivity contribution in [2.24, 2.45) is 0 Å². The van der Waals surface area contributed by atoms with Gasteiger partial charge in [-0.3, -0.25) is 4.79 Å². The molecule has 0 fully saturated rings. The van der Waals surface area contributed by atoms with E-state index in [0.29, 0.717) is 21.5 Å². The Morgan fingerprint density at radius 3 is 2.70 bits per heavy atom. The van der Waals surface area contributed by atoms with E-state index in [1.807, 2.05) is 6.07 Å². The van der Waals surface area contributed by atoms with Crippen LogP contribution in [0.5, 0.6) is 0 Å². The zero-order valence-electron chi connectivity index (χ0n) is 10.1. The van der Waals surface area contributed by atoms with E-state index in [4.69, 9.17) is 32.9 Å². The quantitative estimate of drug-likeness (QED) is 0.685. The van der Waals surface area contributed by atoms with Gasteiger partial charge >= 0.3 is 0 Å². The van der Waals surface area contributed by atoms with Gasteiger partial charge in [0.2, 0.25) is 0 Å². The van der Waals surface area contributed by atoms with Crippen molar-refractivity contribution in [3.63, 3.8) is 0 Å². The van der Waals surface area contributed by atoms with E-state index in [1.165, 1.54) is 18.4 Å². The van der Waals surface area contributed by atoms with Crippen LogP contribution in [0.25, 0.3) is 6.08 Å². The third-order valence-electron chi connectivity index (χ3n) is 2.37. The number of amides is 1. The fraction of sp³-hybridized carbons (Fsp3) is 0. The topological polar surface area (TPSA) is 66.0 Å². The first-order valence-corrected chi connectivity index (χ1v) is 6.27. The number of halogens is 2. The summed E-state index contributed by atoms with van der Waals surface area (Å²) in [6.45, 7) is 0. The van der Waals surface area contributed by atoms with E-state index in [9.17, 15) is 4.79 Å². The van der Waals surface area contributed by atoms with Crippen LogP contribution in [0.15, 0.2) is 46.6 Å². The molecule has 2 rings (SSSR count). The van der Waals surface area contributed by atoms with Gasteiger partial charge in [-0.2, -0.15) is 5.26 Å². The van der Waals surface area contributed by atoms with Gasteiger partial charge in [-0.05, 0) is 30.3 Å². The molecule has 0 aliphatic heterocycles. The van der Waals surface area contributed by atoms with E-state index in [2.05, 4.69) is 5.32 Å². The number of furan rings is 1. The summed E-state index contributed by atoms with van der Waals surface area (Å²) in [6, 6.07) is 9.78. The predicted molar refractivity (Wildman–Crippen MR) is 77.4 cm³/mol. The number of carbonyl (C=O) groups excluding carboxylic acids is 1. The fourth-order valence-corrected chi connectivity index (χ4v) is 1.73. The third-order valence-corrected chi connectivity index (χ3v) is 3.11. The molecule has 0 spiro atoms. The zero-order valence-corrected chi connectivity index (χ0v) is 11.6. The number of nitriles is 1. The summed E-state index contributed by atoms with van der Waals surface area (Å²) in [6.07, 6.45) is 2.81. The second kappa shape index (κ2) is 6.29. The Morgan fingerprint density at radius 2 is 2.10 bits per heavy atom. The van der Waals surface area contributed by atoms with Crippen LogP contribution in [-0.4, -0.2) is 5.91 Å². The van der Waals surface area contributed by atoms with Crippen LogP contribution in [0.4, 0.5) is 5.69 Å². The number of nitrogens with one attached hydrogen (secondary N) is 1. The molecule has 2 aromatic rings. The average Bonchev–Trinajstić information content (AvgIpc) is 2.93. The molecule has 1 amide bonds. The second-order valence-corrected chi connectivity index (χ2v) is 4.58. The van der Waals surface area contributed by atoms with Gasteiger partial charge in [0.15, 0.2) is 0 Å². The molecule has 4 nitrogen and oxygen atoms in total. The molecule has 0 aliphatic carbocycles. The number of rotatable bonds is 3. The highest BCUT2D eigenvalue weighted by Gasteiger charge is 2.11. The molecule has 0 aliphatic rings. The van der Waals surface area contributed by atoms with Gasteiger partial charge in [-0.25, -0.2) is 0 Å². The summed E-state index contributed by atoms with van der Waals surface area (Å²) in [5.74, 6) is -0.131. The highest BCUT2D eigenvalue weighted by atomic mass is 35.5. The zero-order chi connectivity index (χ0) is 14.5. The number of hydrogen-bond acceptors (Lipinski definition) is 3. The van der Waals surface area contributed by atoms with Crippen LogP contribution in [0.3, 0.4) is 0 Å². The fourth-order valence-electron chi connectivity index (χ4n) is 1.44. The highest BCUT2D eigenvalue weighted by molar-refractivity contribution is 6.42. The molecule has 0 radical (unpaired) electrons. The average molecular weight is 307 g/mol. The van der Waals surface area contributed by atoms with E-state index in [0.717, 1.165) is 0 Å². The van der Waals surface area contributed by atoms with Gasteiger partial charge in [0.25, 0.3) is 5.91 Å². The number of hydrogen-bond donors (Lipinski definition) is 1. The minimum absolute atomic E-state index is 0.0778. The van der Waals surface area contributed by atoms with E-state index < -0.39 is 5.91 Å². The van der Waals surface area contributed by atoms with E-state index in [-0.39, 0.29) is 5.57 Å². The lowest BCUT2D eigenvalue weighted by atomic mass is 10.2. The van der Waals surface area contributed by atoms with Crippen molar-refractivity contribution in [2.75, 3.05) is 5.32 Å². The molecule has 20 heavy (non-hydrogen) atoms. The smallest absolute Gasteiger partial charge is 0.266 e. The molecule has 0 saturated carbocycles. The summed E-state index contributed by atoms with van der Waals surface area (Å²) >= 11 is 11.6. The first-order valence-electron chi connectivity index (χ1n) is 5.52. The molecule has 1 aromatic carbocycles. The molecule has 1 N–H and O–H groups in total. The first kappa shape index (κ1) is 14.2. The van der Waals surface area contributed by atoms with Crippen molar-refractivity contribution in [3.8, 4) is 6.07 Å². The van der Waals surface area contributed by atoms with Crippen molar-refractivity contribution in [2.45, 2.75) is 0 Å². The summed E-state index contributed by atoms with van der Waals surface area (Å²) in [7, 11) is 0. The number of anilines is 1. The highest BCUT2D eigenvalue weighted by Crippen LogP contribution is 2.25. The number of carbonyl (C=O) groups is 1. The molecule has 0 atom stereocenters. The molecule has 0 bridgehead atoms. The van der Waals surface area contributed by atoms with Gasteiger partial charge < -0.3 is 9.73 Å². The molecule has 6 heteroatoms. The number of benzene rings is 1.